The molecule has 4 rings (SSSR count). The Morgan fingerprint density at radius 3 is 2.58 bits per heavy atom. The van der Waals surface area contributed by atoms with E-state index in [9.17, 15) is 9.59 Å². The Kier molecular flexibility index (Phi) is 7.24. The molecule has 1 saturated heterocycles. The Balaban J connectivity index is 1.47. The van der Waals surface area contributed by atoms with Gasteiger partial charge < -0.3 is 19.3 Å². The lowest BCUT2D eigenvalue weighted by Gasteiger charge is -2.40. The Labute approximate surface area is 197 Å². The Morgan fingerprint density at radius 1 is 1.09 bits per heavy atom. The molecule has 7 nitrogen and oxygen atoms in total. The first-order chi connectivity index (χ1) is 16.0. The standard InChI is InChI=1S/C25H27N3O4S/c1-18-8-10-19(11-9-18)22-17-33-23(26-22)24(29)28-14-13-27(25(30)31-2)16-20(28)12-15-32-21-6-4-3-5-7-21/h3-11,17,20H,12-16H2,1-2H3/t20-/m0/s1. The molecular weight excluding hydrogens is 438 g/mol. The first kappa shape index (κ1) is 22.8. The Hall–Kier alpha value is -3.39. The van der Waals surface area contributed by atoms with Crippen LogP contribution in [-0.2, 0) is 4.74 Å². The van der Waals surface area contributed by atoms with E-state index in [0.717, 1.165) is 17.0 Å². The van der Waals surface area contributed by atoms with Gasteiger partial charge in [0.2, 0.25) is 0 Å². The van der Waals surface area contributed by atoms with Gasteiger partial charge in [0.05, 0.1) is 25.5 Å². The highest BCUT2D eigenvalue weighted by molar-refractivity contribution is 7.12. The molecule has 0 N–H and O–H groups in total. The number of methoxy groups -OCH3 is 1. The van der Waals surface area contributed by atoms with Crippen molar-refractivity contribution < 1.29 is 19.1 Å². The minimum absolute atomic E-state index is 0.118. The van der Waals surface area contributed by atoms with Gasteiger partial charge >= 0.3 is 6.09 Å². The first-order valence-corrected chi connectivity index (χ1v) is 11.8. The summed E-state index contributed by atoms with van der Waals surface area (Å²) in [5, 5.41) is 2.36. The van der Waals surface area contributed by atoms with Gasteiger partial charge in [-0.15, -0.1) is 11.3 Å². The lowest BCUT2D eigenvalue weighted by molar-refractivity contribution is 0.0375. The molecule has 172 valence electrons. The number of thiazole rings is 1. The summed E-state index contributed by atoms with van der Waals surface area (Å²) in [6, 6.07) is 17.4. The fraction of sp³-hybridized carbons (Fsp3) is 0.320. The maximum atomic E-state index is 13.4. The van der Waals surface area contributed by atoms with Gasteiger partial charge in [-0.05, 0) is 19.1 Å². The van der Waals surface area contributed by atoms with Crippen LogP contribution >= 0.6 is 11.3 Å². The van der Waals surface area contributed by atoms with Gasteiger partial charge in [0, 0.05) is 37.0 Å². The highest BCUT2D eigenvalue weighted by atomic mass is 32.1. The van der Waals surface area contributed by atoms with Crippen LogP contribution in [0.5, 0.6) is 5.75 Å². The van der Waals surface area contributed by atoms with Gasteiger partial charge in [-0.25, -0.2) is 9.78 Å². The summed E-state index contributed by atoms with van der Waals surface area (Å²) in [5.74, 6) is 0.659. The molecule has 1 aliphatic rings. The van der Waals surface area contributed by atoms with E-state index in [-0.39, 0.29) is 18.0 Å². The number of piperazine rings is 1. The second kappa shape index (κ2) is 10.5. The van der Waals surface area contributed by atoms with Crippen LogP contribution < -0.4 is 4.74 Å². The van der Waals surface area contributed by atoms with Crippen molar-refractivity contribution in [3.8, 4) is 17.0 Å². The van der Waals surface area contributed by atoms with Crippen LogP contribution in [0.4, 0.5) is 4.79 Å². The van der Waals surface area contributed by atoms with Gasteiger partial charge in [0.25, 0.3) is 5.91 Å². The maximum absolute atomic E-state index is 13.4. The molecule has 1 fully saturated rings. The predicted octanol–water partition coefficient (Wildman–Crippen LogP) is 4.48. The number of ether oxygens (including phenoxy) is 2. The third-order valence-corrected chi connectivity index (χ3v) is 6.50. The minimum Gasteiger partial charge on any atom is -0.494 e. The van der Waals surface area contributed by atoms with Gasteiger partial charge in [0.1, 0.15) is 5.75 Å². The molecule has 2 heterocycles. The number of aryl methyl sites for hydroxylation is 1. The van der Waals surface area contributed by atoms with E-state index in [2.05, 4.69) is 4.98 Å². The third-order valence-electron chi connectivity index (χ3n) is 5.67. The Bertz CT molecular complexity index is 1080. The van der Waals surface area contributed by atoms with E-state index in [4.69, 9.17) is 9.47 Å². The quantitative estimate of drug-likeness (QED) is 0.537. The van der Waals surface area contributed by atoms with Crippen LogP contribution in [0.2, 0.25) is 0 Å². The lowest BCUT2D eigenvalue weighted by atomic mass is 10.1. The largest absolute Gasteiger partial charge is 0.494 e. The molecule has 1 aliphatic heterocycles. The molecule has 2 aromatic carbocycles. The summed E-state index contributed by atoms with van der Waals surface area (Å²) in [6.07, 6.45) is 0.205. The number of carbonyl (C=O) groups is 2. The summed E-state index contributed by atoms with van der Waals surface area (Å²) < 4.78 is 10.7. The summed E-state index contributed by atoms with van der Waals surface area (Å²) >= 11 is 1.35. The van der Waals surface area contributed by atoms with Crippen LogP contribution in [0.15, 0.2) is 60.0 Å². The molecule has 0 bridgehead atoms. The van der Waals surface area contributed by atoms with Crippen molar-refractivity contribution in [2.75, 3.05) is 33.4 Å². The molecule has 0 saturated carbocycles. The van der Waals surface area contributed by atoms with Gasteiger partial charge in [-0.2, -0.15) is 0 Å². The summed E-state index contributed by atoms with van der Waals surface area (Å²) in [4.78, 5) is 33.5. The molecule has 0 unspecified atom stereocenters. The van der Waals surface area contributed by atoms with Crippen molar-refractivity contribution in [1.82, 2.24) is 14.8 Å². The van der Waals surface area contributed by atoms with Gasteiger partial charge in [-0.1, -0.05) is 48.0 Å². The normalized spacial score (nSPS) is 15.9. The monoisotopic (exact) mass is 465 g/mol. The second-order valence-electron chi connectivity index (χ2n) is 7.92. The van der Waals surface area contributed by atoms with E-state index in [1.165, 1.54) is 24.0 Å². The number of para-hydroxylation sites is 1. The number of aromatic nitrogens is 1. The van der Waals surface area contributed by atoms with Gasteiger partial charge in [-0.3, -0.25) is 4.79 Å². The van der Waals surface area contributed by atoms with E-state index in [1.54, 1.807) is 4.90 Å². The van der Waals surface area contributed by atoms with E-state index in [1.807, 2.05) is 71.8 Å². The third kappa shape index (κ3) is 5.51. The SMILES string of the molecule is COC(=O)N1CCN(C(=O)c2nc(-c3ccc(C)cc3)cs2)[C@@H](CCOc2ccccc2)C1. The number of nitrogens with zero attached hydrogens (tertiary/aromatic N) is 3. The van der Waals surface area contributed by atoms with Crippen LogP contribution in [0.25, 0.3) is 11.3 Å². The minimum atomic E-state index is -0.382. The number of hydrogen-bond donors (Lipinski definition) is 0. The molecule has 3 aromatic rings. The van der Waals surface area contributed by atoms with Crippen LogP contribution in [-0.4, -0.2) is 66.2 Å². The molecule has 8 heteroatoms. The van der Waals surface area contributed by atoms with Crippen LogP contribution in [0.3, 0.4) is 0 Å². The van der Waals surface area contributed by atoms with Gasteiger partial charge in [0.15, 0.2) is 5.01 Å². The van der Waals surface area contributed by atoms with E-state index >= 15 is 0 Å². The number of benzene rings is 2. The topological polar surface area (TPSA) is 72.0 Å². The molecule has 0 aliphatic carbocycles. The Morgan fingerprint density at radius 2 is 1.85 bits per heavy atom. The average molecular weight is 466 g/mol. The summed E-state index contributed by atoms with van der Waals surface area (Å²) in [6.45, 7) is 3.70. The van der Waals surface area contributed by atoms with Crippen molar-refractivity contribution >= 4 is 23.3 Å². The molecule has 0 spiro atoms. The van der Waals surface area contributed by atoms with E-state index in [0.29, 0.717) is 37.7 Å². The molecular formula is C25H27N3O4S. The number of hydrogen-bond acceptors (Lipinski definition) is 6. The van der Waals surface area contributed by atoms with Crippen LogP contribution in [0, 0.1) is 6.92 Å². The maximum Gasteiger partial charge on any atom is 0.409 e. The zero-order valence-corrected chi connectivity index (χ0v) is 19.6. The summed E-state index contributed by atoms with van der Waals surface area (Å²) in [5.41, 5.74) is 2.95. The van der Waals surface area contributed by atoms with Crippen molar-refractivity contribution in [1.29, 1.82) is 0 Å². The first-order valence-electron chi connectivity index (χ1n) is 10.9. The highest BCUT2D eigenvalue weighted by Gasteiger charge is 2.34. The zero-order valence-electron chi connectivity index (χ0n) is 18.8. The van der Waals surface area contributed by atoms with Crippen molar-refractivity contribution in [3.63, 3.8) is 0 Å². The second-order valence-corrected chi connectivity index (χ2v) is 8.78. The molecule has 2 amide bonds. The van der Waals surface area contributed by atoms with Crippen molar-refractivity contribution in [2.45, 2.75) is 19.4 Å². The highest BCUT2D eigenvalue weighted by Crippen LogP contribution is 2.25. The summed E-state index contributed by atoms with van der Waals surface area (Å²) in [7, 11) is 1.37. The zero-order chi connectivity index (χ0) is 23.2. The fourth-order valence-corrected chi connectivity index (χ4v) is 4.63. The average Bonchev–Trinajstić information content (AvgIpc) is 3.34. The fourth-order valence-electron chi connectivity index (χ4n) is 3.85. The molecule has 0 radical (unpaired) electrons. The number of carbonyl (C=O) groups excluding carboxylic acids is 2. The molecule has 1 aromatic heterocycles. The molecule has 33 heavy (non-hydrogen) atoms. The predicted molar refractivity (Wildman–Crippen MR) is 128 cm³/mol. The number of amides is 2. The van der Waals surface area contributed by atoms with Crippen molar-refractivity contribution in [2.24, 2.45) is 0 Å². The number of rotatable bonds is 6. The van der Waals surface area contributed by atoms with Crippen LogP contribution in [0.1, 0.15) is 21.8 Å². The lowest BCUT2D eigenvalue weighted by Crippen LogP contribution is -2.56. The van der Waals surface area contributed by atoms with Crippen molar-refractivity contribution in [3.05, 3.63) is 70.5 Å². The molecule has 1 atom stereocenters. The van der Waals surface area contributed by atoms with E-state index < -0.39 is 0 Å². The smallest absolute Gasteiger partial charge is 0.409 e.